The van der Waals surface area contributed by atoms with Crippen LogP contribution in [0.3, 0.4) is 0 Å². The Morgan fingerprint density at radius 2 is 2.04 bits per heavy atom. The summed E-state index contributed by atoms with van der Waals surface area (Å²) < 4.78 is 2.19. The molecule has 8 nitrogen and oxygen atoms in total. The molecule has 1 unspecified atom stereocenters. The van der Waals surface area contributed by atoms with Crippen molar-refractivity contribution >= 4 is 11.9 Å². The van der Waals surface area contributed by atoms with E-state index in [1.807, 2.05) is 4.90 Å². The van der Waals surface area contributed by atoms with E-state index in [4.69, 9.17) is 0 Å². The van der Waals surface area contributed by atoms with Gasteiger partial charge < -0.3 is 20.1 Å². The fourth-order valence-electron chi connectivity index (χ4n) is 4.40. The molecule has 2 fully saturated rings. The van der Waals surface area contributed by atoms with E-state index >= 15 is 0 Å². The molecule has 2 N–H and O–H groups in total. The van der Waals surface area contributed by atoms with Gasteiger partial charge in [-0.3, -0.25) is 9.79 Å². The van der Waals surface area contributed by atoms with E-state index in [2.05, 4.69) is 30.4 Å². The molecule has 3 heterocycles. The normalized spacial score (nSPS) is 23.5. The van der Waals surface area contributed by atoms with Gasteiger partial charge in [-0.15, -0.1) is 10.2 Å². The monoisotopic (exact) mass is 359 g/mol. The summed E-state index contributed by atoms with van der Waals surface area (Å²) in [5.74, 6) is 3.43. The second-order valence-corrected chi connectivity index (χ2v) is 7.61. The molecule has 0 bridgehead atoms. The minimum Gasteiger partial charge on any atom is -0.352 e. The van der Waals surface area contributed by atoms with Crippen LogP contribution in [0.2, 0.25) is 0 Å². The van der Waals surface area contributed by atoms with E-state index in [1.165, 1.54) is 12.8 Å². The number of guanidine groups is 1. The summed E-state index contributed by atoms with van der Waals surface area (Å²) in [5.41, 5.74) is 0. The molecular formula is C18H29N7O. The van der Waals surface area contributed by atoms with Gasteiger partial charge in [0.2, 0.25) is 5.91 Å². The first-order valence-electron chi connectivity index (χ1n) is 9.91. The first kappa shape index (κ1) is 17.3. The van der Waals surface area contributed by atoms with Crippen LogP contribution in [-0.2, 0) is 24.3 Å². The number of hydrogen-bond acceptors (Lipinski definition) is 4. The number of carbonyl (C=O) groups excluding carboxylic acids is 1. The molecule has 1 amide bonds. The van der Waals surface area contributed by atoms with Gasteiger partial charge in [-0.1, -0.05) is 12.8 Å². The second-order valence-electron chi connectivity index (χ2n) is 7.61. The second kappa shape index (κ2) is 7.63. The Morgan fingerprint density at radius 3 is 2.85 bits per heavy atom. The van der Waals surface area contributed by atoms with Crippen molar-refractivity contribution in [1.29, 1.82) is 0 Å². The van der Waals surface area contributed by atoms with Gasteiger partial charge >= 0.3 is 0 Å². The molecule has 1 saturated carbocycles. The van der Waals surface area contributed by atoms with E-state index in [-0.39, 0.29) is 12.0 Å². The minimum atomic E-state index is 0.260. The molecule has 26 heavy (non-hydrogen) atoms. The van der Waals surface area contributed by atoms with Crippen molar-refractivity contribution in [2.24, 2.45) is 10.9 Å². The Kier molecular flexibility index (Phi) is 5.08. The quantitative estimate of drug-likeness (QED) is 0.610. The zero-order valence-electron chi connectivity index (χ0n) is 15.6. The number of aromatic nitrogens is 3. The maximum absolute atomic E-state index is 12.6. The summed E-state index contributed by atoms with van der Waals surface area (Å²) in [6.07, 6.45) is 7.69. The van der Waals surface area contributed by atoms with Crippen molar-refractivity contribution in [2.75, 3.05) is 20.1 Å². The van der Waals surface area contributed by atoms with Gasteiger partial charge in [-0.25, -0.2) is 0 Å². The Labute approximate surface area is 154 Å². The van der Waals surface area contributed by atoms with Gasteiger partial charge in [0.25, 0.3) is 0 Å². The van der Waals surface area contributed by atoms with Crippen LogP contribution in [-0.4, -0.2) is 57.7 Å². The molecule has 142 valence electrons. The smallest absolute Gasteiger partial charge is 0.225 e. The number of aliphatic imine (C=N–C) groups is 1. The van der Waals surface area contributed by atoms with Crippen molar-refractivity contribution < 1.29 is 4.79 Å². The van der Waals surface area contributed by atoms with Crippen LogP contribution in [0.5, 0.6) is 0 Å². The molecular weight excluding hydrogens is 330 g/mol. The largest absolute Gasteiger partial charge is 0.352 e. The third kappa shape index (κ3) is 3.54. The third-order valence-corrected chi connectivity index (χ3v) is 5.87. The molecule has 0 aromatic carbocycles. The van der Waals surface area contributed by atoms with E-state index < -0.39 is 0 Å². The van der Waals surface area contributed by atoms with E-state index in [0.717, 1.165) is 69.3 Å². The molecule has 3 aliphatic rings. The molecule has 1 atom stereocenters. The number of rotatable bonds is 4. The number of nitrogens with one attached hydrogen (secondary N) is 2. The summed E-state index contributed by atoms with van der Waals surface area (Å²) in [5, 5.41) is 15.3. The summed E-state index contributed by atoms with van der Waals surface area (Å²) in [6, 6.07) is 0.260. The van der Waals surface area contributed by atoms with Crippen LogP contribution in [0.4, 0.5) is 0 Å². The fraction of sp³-hybridized carbons (Fsp3) is 0.778. The first-order chi connectivity index (χ1) is 12.7. The van der Waals surface area contributed by atoms with Crippen LogP contribution in [0.15, 0.2) is 4.99 Å². The van der Waals surface area contributed by atoms with Crippen LogP contribution < -0.4 is 10.6 Å². The lowest BCUT2D eigenvalue weighted by Gasteiger charge is -2.21. The number of likely N-dealkylation sites (tertiary alicyclic amines) is 1. The van der Waals surface area contributed by atoms with Crippen molar-refractivity contribution in [2.45, 2.75) is 64.1 Å². The average molecular weight is 359 g/mol. The van der Waals surface area contributed by atoms with Gasteiger partial charge in [-0.05, 0) is 25.7 Å². The third-order valence-electron chi connectivity index (χ3n) is 5.87. The molecule has 1 aromatic heterocycles. The highest BCUT2D eigenvalue weighted by Crippen LogP contribution is 2.27. The Morgan fingerprint density at radius 1 is 1.19 bits per heavy atom. The summed E-state index contributed by atoms with van der Waals surface area (Å²) in [4.78, 5) is 18.9. The number of amides is 1. The van der Waals surface area contributed by atoms with Crippen LogP contribution in [0, 0.1) is 5.92 Å². The highest BCUT2D eigenvalue weighted by Gasteiger charge is 2.32. The molecule has 4 rings (SSSR count). The number of hydrogen-bond donors (Lipinski definition) is 2. The number of nitrogens with zero attached hydrogens (tertiary/aromatic N) is 5. The van der Waals surface area contributed by atoms with Gasteiger partial charge in [-0.2, -0.15) is 0 Å². The van der Waals surface area contributed by atoms with E-state index in [1.54, 1.807) is 7.05 Å². The zero-order valence-corrected chi connectivity index (χ0v) is 15.6. The summed E-state index contributed by atoms with van der Waals surface area (Å²) >= 11 is 0. The maximum Gasteiger partial charge on any atom is 0.225 e. The van der Waals surface area contributed by atoms with Gasteiger partial charge in [0.1, 0.15) is 5.82 Å². The minimum absolute atomic E-state index is 0.260. The lowest BCUT2D eigenvalue weighted by atomic mass is 10.1. The van der Waals surface area contributed by atoms with Crippen molar-refractivity contribution in [3.05, 3.63) is 11.6 Å². The molecule has 8 heteroatoms. The molecule has 2 aliphatic heterocycles. The lowest BCUT2D eigenvalue weighted by molar-refractivity contribution is -0.134. The summed E-state index contributed by atoms with van der Waals surface area (Å²) in [6.45, 7) is 3.24. The highest BCUT2D eigenvalue weighted by atomic mass is 16.2. The van der Waals surface area contributed by atoms with Crippen molar-refractivity contribution in [1.82, 2.24) is 30.3 Å². The SMILES string of the molecule is CN=C(NCc1nnc2n1CCC2)NC1CCN(C(=O)C2CCCC2)C1. The molecule has 1 saturated heterocycles. The average Bonchev–Trinajstić information content (AvgIpc) is 3.43. The molecule has 0 radical (unpaired) electrons. The standard InChI is InChI=1S/C18H29N7O/c1-19-18(20-11-16-23-22-15-7-4-9-25(15)16)21-14-8-10-24(12-14)17(26)13-5-2-3-6-13/h13-14H,2-12H2,1H3,(H2,19,20,21). The van der Waals surface area contributed by atoms with Crippen molar-refractivity contribution in [3.63, 3.8) is 0 Å². The molecule has 0 spiro atoms. The predicted octanol–water partition coefficient (Wildman–Crippen LogP) is 0.680. The molecule has 1 aliphatic carbocycles. The van der Waals surface area contributed by atoms with Gasteiger partial charge in [0, 0.05) is 45.1 Å². The molecule has 1 aromatic rings. The van der Waals surface area contributed by atoms with Crippen LogP contribution in [0.25, 0.3) is 0 Å². The maximum atomic E-state index is 12.6. The topological polar surface area (TPSA) is 87.4 Å². The van der Waals surface area contributed by atoms with Crippen LogP contribution in [0.1, 0.15) is 50.2 Å². The number of aryl methyl sites for hydroxylation is 1. The first-order valence-corrected chi connectivity index (χ1v) is 9.91. The summed E-state index contributed by atoms with van der Waals surface area (Å²) in [7, 11) is 1.78. The number of fused-ring (bicyclic) bond motifs is 1. The highest BCUT2D eigenvalue weighted by molar-refractivity contribution is 5.81. The van der Waals surface area contributed by atoms with Gasteiger partial charge in [0.15, 0.2) is 11.8 Å². The Bertz CT molecular complexity index is 677. The fourth-order valence-corrected chi connectivity index (χ4v) is 4.40. The lowest BCUT2D eigenvalue weighted by Crippen LogP contribution is -2.45. The Balaban J connectivity index is 1.26. The zero-order chi connectivity index (χ0) is 17.9. The van der Waals surface area contributed by atoms with E-state index in [9.17, 15) is 4.79 Å². The predicted molar refractivity (Wildman–Crippen MR) is 98.6 cm³/mol. The van der Waals surface area contributed by atoms with Crippen LogP contribution >= 0.6 is 0 Å². The van der Waals surface area contributed by atoms with Crippen molar-refractivity contribution in [3.8, 4) is 0 Å². The van der Waals surface area contributed by atoms with E-state index in [0.29, 0.717) is 12.5 Å². The van der Waals surface area contributed by atoms with Gasteiger partial charge in [0.05, 0.1) is 6.54 Å². The number of carbonyl (C=O) groups is 1. The Hall–Kier alpha value is -2.12.